The van der Waals surface area contributed by atoms with Gasteiger partial charge in [0.05, 0.1) is 6.04 Å². The van der Waals surface area contributed by atoms with Crippen LogP contribution in [0.15, 0.2) is 23.1 Å². The first-order valence-electron chi connectivity index (χ1n) is 3.93. The molecule has 1 amide bonds. The molecule has 0 radical (unpaired) electrons. The molecule has 2 nitrogen and oxygen atoms in total. The zero-order valence-corrected chi connectivity index (χ0v) is 8.64. The van der Waals surface area contributed by atoms with Gasteiger partial charge in [-0.15, -0.1) is 12.6 Å². The molecular formula is C9H8ClNOS. The van der Waals surface area contributed by atoms with Crippen molar-refractivity contribution >= 4 is 30.3 Å². The minimum absolute atomic E-state index is 0.0590. The minimum Gasteiger partial charge on any atom is -0.268 e. The molecule has 0 saturated heterocycles. The Labute approximate surface area is 87.0 Å². The third kappa shape index (κ3) is 1.23. The minimum atomic E-state index is -0.127. The monoisotopic (exact) mass is 213 g/mol. The predicted molar refractivity (Wildman–Crippen MR) is 54.1 cm³/mol. The molecule has 0 spiro atoms. The average molecular weight is 214 g/mol. The Morgan fingerprint density at radius 1 is 1.54 bits per heavy atom. The van der Waals surface area contributed by atoms with Crippen molar-refractivity contribution in [2.24, 2.45) is 0 Å². The maximum absolute atomic E-state index is 11.5. The van der Waals surface area contributed by atoms with Gasteiger partial charge in [-0.2, -0.15) is 0 Å². The van der Waals surface area contributed by atoms with Crippen molar-refractivity contribution in [3.05, 3.63) is 29.3 Å². The molecule has 1 aliphatic heterocycles. The molecule has 1 aromatic rings. The highest BCUT2D eigenvalue weighted by Crippen LogP contribution is 2.35. The Morgan fingerprint density at radius 3 is 2.92 bits per heavy atom. The van der Waals surface area contributed by atoms with E-state index in [9.17, 15) is 4.79 Å². The van der Waals surface area contributed by atoms with Gasteiger partial charge < -0.3 is 0 Å². The molecule has 0 saturated carbocycles. The number of nitrogens with zero attached hydrogens (tertiary/aromatic N) is 1. The van der Waals surface area contributed by atoms with Gasteiger partial charge in [0, 0.05) is 22.2 Å². The number of fused-ring (bicyclic) bond motifs is 1. The molecular weight excluding hydrogens is 206 g/mol. The fourth-order valence-corrected chi connectivity index (χ4v) is 1.91. The van der Waals surface area contributed by atoms with Crippen LogP contribution in [-0.4, -0.2) is 10.3 Å². The molecule has 0 aliphatic carbocycles. The van der Waals surface area contributed by atoms with Crippen molar-refractivity contribution in [3.63, 3.8) is 0 Å². The van der Waals surface area contributed by atoms with E-state index in [4.69, 9.17) is 11.8 Å². The lowest BCUT2D eigenvalue weighted by atomic mass is 10.1. The molecule has 0 aromatic heterocycles. The largest absolute Gasteiger partial charge is 0.269 e. The standard InChI is InChI=1S/C9H8ClNOS/c1-5-8-4-6(13)2-3-7(8)9(12)11(5)10/h2-5,13H,1H3. The second-order valence-electron chi connectivity index (χ2n) is 3.06. The molecule has 0 bridgehead atoms. The van der Waals surface area contributed by atoms with E-state index in [0.717, 1.165) is 10.5 Å². The van der Waals surface area contributed by atoms with Crippen LogP contribution in [0, 0.1) is 0 Å². The van der Waals surface area contributed by atoms with Crippen molar-refractivity contribution < 1.29 is 4.79 Å². The van der Waals surface area contributed by atoms with Crippen LogP contribution in [0.5, 0.6) is 0 Å². The van der Waals surface area contributed by atoms with Crippen LogP contribution in [0.3, 0.4) is 0 Å². The summed E-state index contributed by atoms with van der Waals surface area (Å²) in [4.78, 5) is 12.3. The van der Waals surface area contributed by atoms with Crippen molar-refractivity contribution in [3.8, 4) is 0 Å². The van der Waals surface area contributed by atoms with Crippen molar-refractivity contribution in [1.29, 1.82) is 0 Å². The first-order valence-corrected chi connectivity index (χ1v) is 4.72. The van der Waals surface area contributed by atoms with E-state index < -0.39 is 0 Å². The van der Waals surface area contributed by atoms with Gasteiger partial charge >= 0.3 is 0 Å². The first-order chi connectivity index (χ1) is 6.11. The van der Waals surface area contributed by atoms with E-state index in [1.807, 2.05) is 13.0 Å². The molecule has 1 heterocycles. The van der Waals surface area contributed by atoms with Crippen molar-refractivity contribution in [2.75, 3.05) is 0 Å². The highest BCUT2D eigenvalue weighted by molar-refractivity contribution is 7.80. The Kier molecular flexibility index (Phi) is 2.00. The number of thiol groups is 1. The molecule has 4 heteroatoms. The maximum atomic E-state index is 11.5. The number of amides is 1. The SMILES string of the molecule is CC1c2cc(S)ccc2C(=O)N1Cl. The van der Waals surface area contributed by atoms with E-state index in [1.165, 1.54) is 4.42 Å². The summed E-state index contributed by atoms with van der Waals surface area (Å²) < 4.78 is 1.22. The molecule has 1 atom stereocenters. The molecule has 68 valence electrons. The number of hydrogen-bond acceptors (Lipinski definition) is 2. The number of hydrogen-bond donors (Lipinski definition) is 1. The number of halogens is 1. The summed E-state index contributed by atoms with van der Waals surface area (Å²) in [5.74, 6) is -0.127. The lowest BCUT2D eigenvalue weighted by Gasteiger charge is -2.11. The fraction of sp³-hybridized carbons (Fsp3) is 0.222. The third-order valence-electron chi connectivity index (χ3n) is 2.25. The zero-order valence-electron chi connectivity index (χ0n) is 6.99. The highest BCUT2D eigenvalue weighted by atomic mass is 35.5. The van der Waals surface area contributed by atoms with E-state index in [-0.39, 0.29) is 11.9 Å². The molecule has 2 rings (SSSR count). The van der Waals surface area contributed by atoms with Gasteiger partial charge in [-0.25, -0.2) is 4.42 Å². The normalized spacial score (nSPS) is 20.7. The summed E-state index contributed by atoms with van der Waals surface area (Å²) in [5, 5.41) is 0. The first kappa shape index (κ1) is 8.91. The van der Waals surface area contributed by atoms with Gasteiger partial charge in [0.1, 0.15) is 0 Å². The van der Waals surface area contributed by atoms with Gasteiger partial charge in [-0.1, -0.05) is 0 Å². The Hall–Kier alpha value is -0.670. The van der Waals surface area contributed by atoms with Crippen molar-refractivity contribution in [1.82, 2.24) is 4.42 Å². The molecule has 1 unspecified atom stereocenters. The summed E-state index contributed by atoms with van der Waals surface area (Å²) in [6, 6.07) is 5.38. The molecule has 13 heavy (non-hydrogen) atoms. The van der Waals surface area contributed by atoms with Gasteiger partial charge in [0.2, 0.25) is 0 Å². The second kappa shape index (κ2) is 2.93. The summed E-state index contributed by atoms with van der Waals surface area (Å²) in [6.45, 7) is 1.89. The third-order valence-corrected chi connectivity index (χ3v) is 2.97. The van der Waals surface area contributed by atoms with Crippen LogP contribution < -0.4 is 0 Å². The van der Waals surface area contributed by atoms with E-state index in [2.05, 4.69) is 12.6 Å². The topological polar surface area (TPSA) is 20.3 Å². The predicted octanol–water partition coefficient (Wildman–Crippen LogP) is 2.65. The van der Waals surface area contributed by atoms with Crippen LogP contribution in [0.2, 0.25) is 0 Å². The van der Waals surface area contributed by atoms with Crippen LogP contribution in [0.4, 0.5) is 0 Å². The zero-order chi connectivity index (χ0) is 9.59. The molecule has 1 aliphatic rings. The second-order valence-corrected chi connectivity index (χ2v) is 3.94. The lowest BCUT2D eigenvalue weighted by Crippen LogP contribution is -2.14. The summed E-state index contributed by atoms with van der Waals surface area (Å²) in [6.07, 6.45) is 0. The van der Waals surface area contributed by atoms with Gasteiger partial charge in [0.25, 0.3) is 5.91 Å². The fourth-order valence-electron chi connectivity index (χ4n) is 1.50. The van der Waals surface area contributed by atoms with Crippen molar-refractivity contribution in [2.45, 2.75) is 17.9 Å². The summed E-state index contributed by atoms with van der Waals surface area (Å²) in [7, 11) is 0. The maximum Gasteiger partial charge on any atom is 0.269 e. The quantitative estimate of drug-likeness (QED) is 0.519. The van der Waals surface area contributed by atoms with Gasteiger partial charge in [-0.3, -0.25) is 4.79 Å². The van der Waals surface area contributed by atoms with E-state index in [0.29, 0.717) is 5.56 Å². The van der Waals surface area contributed by atoms with Crippen LogP contribution in [0.1, 0.15) is 28.9 Å². The molecule has 1 aromatic carbocycles. The number of benzene rings is 1. The van der Waals surface area contributed by atoms with Crippen LogP contribution >= 0.6 is 24.4 Å². The Morgan fingerprint density at radius 2 is 2.23 bits per heavy atom. The average Bonchev–Trinajstić information content (AvgIpc) is 2.32. The smallest absolute Gasteiger partial charge is 0.268 e. The number of carbonyl (C=O) groups excluding carboxylic acids is 1. The Balaban J connectivity index is 2.60. The summed E-state index contributed by atoms with van der Waals surface area (Å²) in [5.41, 5.74) is 1.63. The molecule has 0 N–H and O–H groups in total. The van der Waals surface area contributed by atoms with E-state index >= 15 is 0 Å². The Bertz CT molecular complexity index is 380. The van der Waals surface area contributed by atoms with Gasteiger partial charge in [-0.05, 0) is 30.7 Å². The van der Waals surface area contributed by atoms with Crippen LogP contribution in [0.25, 0.3) is 0 Å². The lowest BCUT2D eigenvalue weighted by molar-refractivity contribution is 0.0862. The number of carbonyl (C=O) groups is 1. The molecule has 0 fully saturated rings. The highest BCUT2D eigenvalue weighted by Gasteiger charge is 2.32. The van der Waals surface area contributed by atoms with E-state index in [1.54, 1.807) is 12.1 Å². The summed E-state index contributed by atoms with van der Waals surface area (Å²) >= 11 is 10.00. The van der Waals surface area contributed by atoms with Crippen LogP contribution in [-0.2, 0) is 0 Å². The number of rotatable bonds is 0. The van der Waals surface area contributed by atoms with Gasteiger partial charge in [0.15, 0.2) is 0 Å².